The second-order valence-corrected chi connectivity index (χ2v) is 5.97. The quantitative estimate of drug-likeness (QED) is 0.696. The number of nitrogens with zero attached hydrogens (tertiary/aromatic N) is 3. The van der Waals surface area contributed by atoms with Crippen LogP contribution >= 0.6 is 0 Å². The highest BCUT2D eigenvalue weighted by Crippen LogP contribution is 2.40. The lowest BCUT2D eigenvalue weighted by molar-refractivity contribution is 0.390. The summed E-state index contributed by atoms with van der Waals surface area (Å²) >= 11 is 0. The van der Waals surface area contributed by atoms with E-state index in [2.05, 4.69) is 33.1 Å². The topological polar surface area (TPSA) is 79.2 Å². The predicted molar refractivity (Wildman–Crippen MR) is 84.2 cm³/mol. The molecule has 112 valence electrons. The molecule has 1 aromatic heterocycles. The Morgan fingerprint density at radius 1 is 1.41 bits per heavy atom. The minimum Gasteiger partial charge on any atom is -0.346 e. The molecule has 1 aromatic rings. The van der Waals surface area contributed by atoms with Crippen LogP contribution in [0.2, 0.25) is 0 Å². The highest BCUT2D eigenvalue weighted by molar-refractivity contribution is 5.87. The molecule has 0 aromatic carbocycles. The zero-order valence-corrected chi connectivity index (χ0v) is 12.5. The summed E-state index contributed by atoms with van der Waals surface area (Å²) in [4.78, 5) is 7.55. The number of hydrogen-bond acceptors (Lipinski definition) is 5. The minimum absolute atomic E-state index is 0.483. The molecule has 1 aliphatic carbocycles. The summed E-state index contributed by atoms with van der Waals surface area (Å²) in [5, 5.41) is 11.0. The maximum absolute atomic E-state index is 9.04. The number of rotatable bonds is 1. The van der Waals surface area contributed by atoms with Gasteiger partial charge >= 0.3 is 0 Å². The number of allylic oxidation sites excluding steroid dienone is 3. The molecule has 6 heteroatoms. The summed E-state index contributed by atoms with van der Waals surface area (Å²) in [6, 6.07) is 4.35. The summed E-state index contributed by atoms with van der Waals surface area (Å²) in [5.41, 5.74) is 12.2. The van der Waals surface area contributed by atoms with Crippen LogP contribution < -0.4 is 11.0 Å². The van der Waals surface area contributed by atoms with Crippen molar-refractivity contribution < 1.29 is 0 Å². The molecular formula is C16H18N6. The highest BCUT2D eigenvalue weighted by atomic mass is 15.7. The average Bonchev–Trinajstić information content (AvgIpc) is 3.19. The number of aromatic nitrogens is 1. The van der Waals surface area contributed by atoms with Crippen molar-refractivity contribution in [3.8, 4) is 6.07 Å². The molecule has 0 saturated heterocycles. The average molecular weight is 294 g/mol. The molecule has 4 rings (SSSR count). The van der Waals surface area contributed by atoms with Gasteiger partial charge in [0.2, 0.25) is 0 Å². The number of nitrogens with one attached hydrogen (secondary N) is 3. The first-order chi connectivity index (χ1) is 10.8. The number of H-pyrrole nitrogens is 1. The van der Waals surface area contributed by atoms with Crippen molar-refractivity contribution in [2.45, 2.75) is 32.6 Å². The lowest BCUT2D eigenvalue weighted by Gasteiger charge is -2.26. The molecule has 0 amide bonds. The second-order valence-electron chi connectivity index (χ2n) is 5.97. The van der Waals surface area contributed by atoms with Crippen LogP contribution in [0.5, 0.6) is 0 Å². The van der Waals surface area contributed by atoms with Crippen LogP contribution in [0.15, 0.2) is 34.1 Å². The number of aromatic amines is 1. The van der Waals surface area contributed by atoms with Crippen LogP contribution in [0.1, 0.15) is 38.2 Å². The van der Waals surface area contributed by atoms with Crippen molar-refractivity contribution in [1.82, 2.24) is 21.0 Å². The Hall–Kier alpha value is -2.52. The number of hydrogen-bond donors (Lipinski definition) is 3. The molecular weight excluding hydrogens is 276 g/mol. The zero-order chi connectivity index (χ0) is 15.1. The van der Waals surface area contributed by atoms with E-state index in [-0.39, 0.29) is 0 Å². The fraction of sp³-hybridized carbons (Fsp3) is 0.375. The Labute approximate surface area is 129 Å². The van der Waals surface area contributed by atoms with Crippen LogP contribution in [-0.2, 0) is 0 Å². The molecule has 0 atom stereocenters. The molecule has 1 saturated carbocycles. The summed E-state index contributed by atoms with van der Waals surface area (Å²) in [5.74, 6) is 1.39. The van der Waals surface area contributed by atoms with E-state index in [4.69, 9.17) is 5.26 Å². The molecule has 3 aliphatic rings. The van der Waals surface area contributed by atoms with Gasteiger partial charge in [-0.15, -0.1) is 5.53 Å². The van der Waals surface area contributed by atoms with E-state index in [9.17, 15) is 0 Å². The van der Waals surface area contributed by atoms with E-state index in [1.165, 1.54) is 17.0 Å². The van der Waals surface area contributed by atoms with Crippen molar-refractivity contribution in [2.75, 3.05) is 0 Å². The molecule has 1 fully saturated rings. The summed E-state index contributed by atoms with van der Waals surface area (Å²) in [6.07, 6.45) is 7.89. The van der Waals surface area contributed by atoms with Crippen molar-refractivity contribution >= 4 is 17.9 Å². The molecule has 0 unspecified atom stereocenters. The van der Waals surface area contributed by atoms with Crippen LogP contribution in [0, 0.1) is 17.2 Å². The first kappa shape index (κ1) is 13.2. The van der Waals surface area contributed by atoms with Gasteiger partial charge in [-0.2, -0.15) is 5.26 Å². The van der Waals surface area contributed by atoms with Gasteiger partial charge in [0.15, 0.2) is 0 Å². The van der Waals surface area contributed by atoms with Gasteiger partial charge in [0.1, 0.15) is 12.2 Å². The van der Waals surface area contributed by atoms with Gasteiger partial charge in [-0.25, -0.2) is 10.0 Å². The molecule has 3 heterocycles. The second kappa shape index (κ2) is 5.04. The fourth-order valence-corrected chi connectivity index (χ4v) is 3.51. The van der Waals surface area contributed by atoms with Crippen molar-refractivity contribution in [3.05, 3.63) is 34.7 Å². The predicted octanol–water partition coefficient (Wildman–Crippen LogP) is 2.71. The summed E-state index contributed by atoms with van der Waals surface area (Å²) < 4.78 is 0. The Kier molecular flexibility index (Phi) is 3.01. The Balaban J connectivity index is 1.64. The van der Waals surface area contributed by atoms with Crippen LogP contribution in [-0.4, -0.2) is 16.3 Å². The van der Waals surface area contributed by atoms with Crippen molar-refractivity contribution in [1.29, 1.82) is 5.26 Å². The van der Waals surface area contributed by atoms with E-state index in [1.54, 1.807) is 6.34 Å². The van der Waals surface area contributed by atoms with E-state index in [1.807, 2.05) is 18.1 Å². The smallest absolute Gasteiger partial charge is 0.141 e. The third kappa shape index (κ3) is 1.94. The molecule has 3 N–H and O–H groups in total. The van der Waals surface area contributed by atoms with Crippen molar-refractivity contribution in [3.63, 3.8) is 0 Å². The largest absolute Gasteiger partial charge is 0.346 e. The van der Waals surface area contributed by atoms with Crippen LogP contribution in [0.25, 0.3) is 5.70 Å². The Morgan fingerprint density at radius 2 is 2.23 bits per heavy atom. The number of fused-ring (bicyclic) bond motifs is 3. The van der Waals surface area contributed by atoms with E-state index in [0.717, 1.165) is 42.6 Å². The number of nitriles is 1. The first-order valence-corrected chi connectivity index (χ1v) is 7.63. The van der Waals surface area contributed by atoms with E-state index >= 15 is 0 Å². The highest BCUT2D eigenvalue weighted by Gasteiger charge is 2.33. The van der Waals surface area contributed by atoms with Gasteiger partial charge in [-0.1, -0.05) is 5.57 Å². The van der Waals surface area contributed by atoms with Gasteiger partial charge in [0.25, 0.3) is 0 Å². The number of aliphatic imine (C=N–C) groups is 1. The molecule has 6 nitrogen and oxygen atoms in total. The Morgan fingerprint density at radius 3 is 3.00 bits per heavy atom. The van der Waals surface area contributed by atoms with Gasteiger partial charge < -0.3 is 10.4 Å². The standard InChI is InChI=1S/C16H18N6/c1-10(8-17)11-2-4-12(5-3-11)14-15-13-6-7-18-16(13)19-9-22(15)21-20-14/h6-7,9,12,18,20-21H,2-5H2,1H3. The summed E-state index contributed by atoms with van der Waals surface area (Å²) in [7, 11) is 0. The molecule has 2 aliphatic heterocycles. The van der Waals surface area contributed by atoms with Crippen LogP contribution in [0.4, 0.5) is 5.82 Å². The van der Waals surface area contributed by atoms with Gasteiger partial charge in [0, 0.05) is 23.3 Å². The maximum Gasteiger partial charge on any atom is 0.141 e. The maximum atomic E-state index is 9.04. The zero-order valence-electron chi connectivity index (χ0n) is 12.5. The van der Waals surface area contributed by atoms with Gasteiger partial charge in [-0.05, 0) is 38.7 Å². The third-order valence-corrected chi connectivity index (χ3v) is 4.79. The van der Waals surface area contributed by atoms with Crippen molar-refractivity contribution in [2.24, 2.45) is 10.9 Å². The van der Waals surface area contributed by atoms with Gasteiger partial charge in [-0.3, -0.25) is 0 Å². The first-order valence-electron chi connectivity index (χ1n) is 7.63. The fourth-order valence-electron chi connectivity index (χ4n) is 3.51. The normalized spacial score (nSPS) is 23.0. The van der Waals surface area contributed by atoms with E-state index < -0.39 is 0 Å². The molecule has 0 bridgehead atoms. The lowest BCUT2D eigenvalue weighted by Crippen LogP contribution is -2.37. The monoisotopic (exact) mass is 294 g/mol. The Bertz CT molecular complexity index is 735. The number of hydrazine groups is 2. The van der Waals surface area contributed by atoms with Crippen LogP contribution in [0.3, 0.4) is 0 Å². The molecule has 0 radical (unpaired) electrons. The third-order valence-electron chi connectivity index (χ3n) is 4.79. The van der Waals surface area contributed by atoms with E-state index in [0.29, 0.717) is 5.92 Å². The minimum atomic E-state index is 0.483. The SMILES string of the molecule is CC(C#N)=C1CCC(C2=C3c4cc[nH]c4N=CN3NN2)CC1. The van der Waals surface area contributed by atoms with Gasteiger partial charge in [0.05, 0.1) is 17.5 Å². The lowest BCUT2D eigenvalue weighted by atomic mass is 9.81. The summed E-state index contributed by atoms with van der Waals surface area (Å²) in [6.45, 7) is 1.93. The molecule has 22 heavy (non-hydrogen) atoms. The molecule has 0 spiro atoms.